The Morgan fingerprint density at radius 2 is 2.33 bits per heavy atom. The Morgan fingerprint density at radius 1 is 1.56 bits per heavy atom. The normalized spacial score (nSPS) is 10.1. The zero-order valence-electron chi connectivity index (χ0n) is 5.55. The third-order valence-electron chi connectivity index (χ3n) is 0.817. The molecule has 2 nitrogen and oxygen atoms in total. The molecule has 0 fully saturated rings. The van der Waals surface area contributed by atoms with E-state index in [0.717, 1.165) is 5.75 Å². The van der Waals surface area contributed by atoms with Crippen LogP contribution in [0.25, 0.3) is 0 Å². The summed E-state index contributed by atoms with van der Waals surface area (Å²) in [5, 5.41) is 0. The smallest absolute Gasteiger partial charge is 0.274 e. The van der Waals surface area contributed by atoms with Crippen LogP contribution in [0.3, 0.4) is 0 Å². The molecule has 1 heterocycles. The largest absolute Gasteiger partial charge is 0.540 e. The summed E-state index contributed by atoms with van der Waals surface area (Å²) in [5.41, 5.74) is 0. The van der Waals surface area contributed by atoms with Gasteiger partial charge in [0.05, 0.1) is 6.26 Å². The molecule has 0 aliphatic carbocycles. The van der Waals surface area contributed by atoms with Crippen molar-refractivity contribution in [2.45, 2.75) is 13.1 Å². The van der Waals surface area contributed by atoms with E-state index >= 15 is 0 Å². The standard InChI is InChI=1S/C6H9O2Si/c1-9(2)8-6-3-4-7-5-6/h3-5H,1-2H3. The van der Waals surface area contributed by atoms with Gasteiger partial charge >= 0.3 is 0 Å². The van der Waals surface area contributed by atoms with Crippen molar-refractivity contribution in [3.63, 3.8) is 0 Å². The molecule has 0 amide bonds. The molecule has 3 heteroatoms. The summed E-state index contributed by atoms with van der Waals surface area (Å²) in [5.74, 6) is 0.842. The molecule has 0 spiro atoms. The summed E-state index contributed by atoms with van der Waals surface area (Å²) in [4.78, 5) is 0. The summed E-state index contributed by atoms with van der Waals surface area (Å²) in [6, 6.07) is 1.82. The van der Waals surface area contributed by atoms with Crippen molar-refractivity contribution in [3.05, 3.63) is 18.6 Å². The molecule has 0 saturated heterocycles. The Labute approximate surface area is 56.2 Å². The summed E-state index contributed by atoms with van der Waals surface area (Å²) in [7, 11) is -0.617. The van der Waals surface area contributed by atoms with Crippen LogP contribution < -0.4 is 4.43 Å². The minimum absolute atomic E-state index is 0.617. The van der Waals surface area contributed by atoms with Gasteiger partial charge in [-0.15, -0.1) is 0 Å². The molecule has 1 aromatic heterocycles. The van der Waals surface area contributed by atoms with Gasteiger partial charge in [-0.25, -0.2) is 0 Å². The summed E-state index contributed by atoms with van der Waals surface area (Å²) < 4.78 is 10.2. The van der Waals surface area contributed by atoms with Gasteiger partial charge in [0.2, 0.25) is 0 Å². The fourth-order valence-electron chi connectivity index (χ4n) is 0.546. The van der Waals surface area contributed by atoms with E-state index < -0.39 is 9.04 Å². The average Bonchev–Trinajstić information content (AvgIpc) is 2.15. The number of hydrogen-bond acceptors (Lipinski definition) is 2. The highest BCUT2D eigenvalue weighted by Crippen LogP contribution is 2.10. The van der Waals surface area contributed by atoms with Gasteiger partial charge in [-0.05, 0) is 13.1 Å². The first kappa shape index (κ1) is 6.42. The lowest BCUT2D eigenvalue weighted by atomic mass is 10.6. The topological polar surface area (TPSA) is 22.4 Å². The van der Waals surface area contributed by atoms with Gasteiger partial charge in [0, 0.05) is 6.07 Å². The van der Waals surface area contributed by atoms with E-state index in [9.17, 15) is 0 Å². The van der Waals surface area contributed by atoms with Crippen LogP contribution in [0.4, 0.5) is 0 Å². The highest BCUT2D eigenvalue weighted by Gasteiger charge is 1.99. The fraction of sp³-hybridized carbons (Fsp3) is 0.333. The van der Waals surface area contributed by atoms with E-state index in [2.05, 4.69) is 13.1 Å². The molecule has 0 bridgehead atoms. The Hall–Kier alpha value is -0.703. The molecule has 1 rings (SSSR count). The second-order valence-electron chi connectivity index (χ2n) is 1.97. The summed E-state index contributed by atoms with van der Waals surface area (Å²) in [6.45, 7) is 4.16. The zero-order valence-corrected chi connectivity index (χ0v) is 6.55. The maximum Gasteiger partial charge on any atom is 0.274 e. The second-order valence-corrected chi connectivity index (χ2v) is 3.99. The molecule has 49 valence electrons. The van der Waals surface area contributed by atoms with Crippen LogP contribution in [0.5, 0.6) is 5.75 Å². The molecular formula is C6H9O2Si. The van der Waals surface area contributed by atoms with Gasteiger partial charge in [0.25, 0.3) is 9.04 Å². The minimum atomic E-state index is -0.617. The molecule has 0 saturated carbocycles. The third kappa shape index (κ3) is 1.93. The lowest BCUT2D eigenvalue weighted by Gasteiger charge is -2.02. The van der Waals surface area contributed by atoms with Gasteiger partial charge in [0.15, 0.2) is 0 Å². The van der Waals surface area contributed by atoms with Crippen molar-refractivity contribution in [3.8, 4) is 5.75 Å². The van der Waals surface area contributed by atoms with Crippen molar-refractivity contribution in [1.29, 1.82) is 0 Å². The maximum absolute atomic E-state index is 5.36. The van der Waals surface area contributed by atoms with Crippen molar-refractivity contribution in [2.24, 2.45) is 0 Å². The van der Waals surface area contributed by atoms with Crippen LogP contribution in [-0.4, -0.2) is 9.04 Å². The molecule has 9 heavy (non-hydrogen) atoms. The maximum atomic E-state index is 5.36. The summed E-state index contributed by atoms with van der Waals surface area (Å²) in [6.07, 6.45) is 3.22. The Morgan fingerprint density at radius 3 is 2.78 bits per heavy atom. The van der Waals surface area contributed by atoms with E-state index in [-0.39, 0.29) is 0 Å². The van der Waals surface area contributed by atoms with Gasteiger partial charge in [-0.3, -0.25) is 0 Å². The van der Waals surface area contributed by atoms with Crippen LogP contribution >= 0.6 is 0 Å². The number of rotatable bonds is 2. The first-order valence-corrected chi connectivity index (χ1v) is 5.20. The van der Waals surface area contributed by atoms with Gasteiger partial charge < -0.3 is 8.84 Å². The number of hydrogen-bond donors (Lipinski definition) is 0. The minimum Gasteiger partial charge on any atom is -0.540 e. The monoisotopic (exact) mass is 141 g/mol. The van der Waals surface area contributed by atoms with Crippen LogP contribution in [-0.2, 0) is 0 Å². The van der Waals surface area contributed by atoms with E-state index in [0.29, 0.717) is 0 Å². The predicted molar refractivity (Wildman–Crippen MR) is 36.8 cm³/mol. The van der Waals surface area contributed by atoms with E-state index in [4.69, 9.17) is 8.84 Å². The molecule has 1 radical (unpaired) electrons. The van der Waals surface area contributed by atoms with Crippen LogP contribution in [0.1, 0.15) is 0 Å². The molecule has 0 aliphatic rings. The van der Waals surface area contributed by atoms with Gasteiger partial charge in [0.1, 0.15) is 12.0 Å². The van der Waals surface area contributed by atoms with Crippen molar-refractivity contribution >= 4 is 9.04 Å². The average molecular weight is 141 g/mol. The zero-order chi connectivity index (χ0) is 6.69. The Kier molecular flexibility index (Phi) is 1.95. The fourth-order valence-corrected chi connectivity index (χ4v) is 1.13. The van der Waals surface area contributed by atoms with E-state index in [1.807, 2.05) is 6.07 Å². The van der Waals surface area contributed by atoms with Crippen molar-refractivity contribution in [2.75, 3.05) is 0 Å². The van der Waals surface area contributed by atoms with Crippen LogP contribution in [0.15, 0.2) is 23.0 Å². The number of furan rings is 1. The second kappa shape index (κ2) is 2.73. The molecule has 0 atom stereocenters. The van der Waals surface area contributed by atoms with Crippen molar-refractivity contribution < 1.29 is 8.84 Å². The first-order valence-electron chi connectivity index (χ1n) is 2.79. The summed E-state index contributed by atoms with van der Waals surface area (Å²) >= 11 is 0. The van der Waals surface area contributed by atoms with Crippen LogP contribution in [0.2, 0.25) is 13.1 Å². The van der Waals surface area contributed by atoms with Gasteiger partial charge in [-0.1, -0.05) is 0 Å². The molecule has 0 aromatic carbocycles. The molecule has 0 N–H and O–H groups in total. The molecule has 1 aromatic rings. The van der Waals surface area contributed by atoms with Crippen molar-refractivity contribution in [1.82, 2.24) is 0 Å². The third-order valence-corrected chi connectivity index (χ3v) is 1.46. The highest BCUT2D eigenvalue weighted by atomic mass is 28.3. The quantitative estimate of drug-likeness (QED) is 0.587. The molecule has 0 aliphatic heterocycles. The molecular weight excluding hydrogens is 132 g/mol. The Balaban J connectivity index is 2.48. The highest BCUT2D eigenvalue weighted by molar-refractivity contribution is 6.49. The Bertz CT molecular complexity index is 158. The predicted octanol–water partition coefficient (Wildman–Crippen LogP) is 1.91. The lowest BCUT2D eigenvalue weighted by Crippen LogP contribution is -2.10. The van der Waals surface area contributed by atoms with E-state index in [1.54, 1.807) is 12.5 Å². The van der Waals surface area contributed by atoms with Crippen LogP contribution in [0, 0.1) is 0 Å². The SMILES string of the molecule is C[Si](C)Oc1ccoc1. The lowest BCUT2D eigenvalue weighted by molar-refractivity contribution is 0.529. The molecule has 0 unspecified atom stereocenters. The first-order chi connectivity index (χ1) is 4.29. The van der Waals surface area contributed by atoms with Gasteiger partial charge in [-0.2, -0.15) is 0 Å². The van der Waals surface area contributed by atoms with E-state index in [1.165, 1.54) is 0 Å².